The zero-order valence-electron chi connectivity index (χ0n) is 14.4. The van der Waals surface area contributed by atoms with Crippen molar-refractivity contribution < 1.29 is 4.79 Å². The second-order valence-electron chi connectivity index (χ2n) is 7.17. The van der Waals surface area contributed by atoms with Gasteiger partial charge < -0.3 is 10.2 Å². The molecule has 4 nitrogen and oxygen atoms in total. The van der Waals surface area contributed by atoms with Crippen LogP contribution in [0.15, 0.2) is 30.3 Å². The molecule has 0 spiro atoms. The Morgan fingerprint density at radius 2 is 2.04 bits per heavy atom. The number of likely N-dealkylation sites (tertiary alicyclic amines) is 2. The van der Waals surface area contributed by atoms with E-state index in [-0.39, 0.29) is 11.9 Å². The fraction of sp³-hybridized carbons (Fsp3) is 0.632. The summed E-state index contributed by atoms with van der Waals surface area (Å²) in [5, 5.41) is 3.13. The monoisotopic (exact) mass is 315 g/mol. The van der Waals surface area contributed by atoms with Crippen LogP contribution >= 0.6 is 0 Å². The van der Waals surface area contributed by atoms with E-state index in [1.165, 1.54) is 25.8 Å². The van der Waals surface area contributed by atoms with Crippen LogP contribution in [-0.4, -0.2) is 55.0 Å². The maximum atomic E-state index is 12.4. The summed E-state index contributed by atoms with van der Waals surface area (Å²) in [5.41, 5.74) is 1.16. The number of benzene rings is 1. The van der Waals surface area contributed by atoms with E-state index in [1.807, 2.05) is 18.2 Å². The van der Waals surface area contributed by atoms with Gasteiger partial charge in [0.25, 0.3) is 0 Å². The molecule has 126 valence electrons. The molecule has 2 saturated heterocycles. The van der Waals surface area contributed by atoms with E-state index in [1.54, 1.807) is 0 Å². The Kier molecular flexibility index (Phi) is 5.34. The second-order valence-corrected chi connectivity index (χ2v) is 7.17. The van der Waals surface area contributed by atoms with Crippen molar-refractivity contribution >= 4 is 5.91 Å². The number of piperidine rings is 2. The van der Waals surface area contributed by atoms with Crippen molar-refractivity contribution in [2.45, 2.75) is 38.3 Å². The zero-order valence-corrected chi connectivity index (χ0v) is 14.4. The van der Waals surface area contributed by atoms with Crippen LogP contribution < -0.4 is 5.32 Å². The fourth-order valence-electron chi connectivity index (χ4n) is 4.19. The summed E-state index contributed by atoms with van der Waals surface area (Å²) < 4.78 is 0. The molecule has 1 aromatic rings. The first-order chi connectivity index (χ1) is 11.1. The first-order valence-electron chi connectivity index (χ1n) is 8.90. The SMILES string of the molecule is C[C@H](NC(=O)CN1CC[C@@H]2[C@@H](CCCN2C)C1)c1ccccc1. The molecule has 0 aromatic heterocycles. The van der Waals surface area contributed by atoms with Gasteiger partial charge in [-0.2, -0.15) is 0 Å². The molecule has 23 heavy (non-hydrogen) atoms. The van der Waals surface area contributed by atoms with E-state index < -0.39 is 0 Å². The third-order valence-electron chi connectivity index (χ3n) is 5.47. The Balaban J connectivity index is 1.49. The first kappa shape index (κ1) is 16.5. The van der Waals surface area contributed by atoms with Crippen molar-refractivity contribution in [3.63, 3.8) is 0 Å². The normalized spacial score (nSPS) is 27.2. The van der Waals surface area contributed by atoms with Crippen molar-refractivity contribution in [3.05, 3.63) is 35.9 Å². The van der Waals surface area contributed by atoms with Crippen molar-refractivity contribution in [1.29, 1.82) is 0 Å². The highest BCUT2D eigenvalue weighted by Crippen LogP contribution is 2.29. The predicted molar refractivity (Wildman–Crippen MR) is 93.2 cm³/mol. The van der Waals surface area contributed by atoms with Crippen molar-refractivity contribution in [2.24, 2.45) is 5.92 Å². The molecule has 2 heterocycles. The molecule has 0 saturated carbocycles. The summed E-state index contributed by atoms with van der Waals surface area (Å²) in [6.07, 6.45) is 3.80. The van der Waals surface area contributed by atoms with Crippen LogP contribution in [-0.2, 0) is 4.79 Å². The van der Waals surface area contributed by atoms with Gasteiger partial charge in [0, 0.05) is 19.1 Å². The molecule has 2 fully saturated rings. The lowest BCUT2D eigenvalue weighted by atomic mass is 9.84. The molecule has 0 radical (unpaired) electrons. The maximum absolute atomic E-state index is 12.4. The molecular formula is C19H29N3O. The molecule has 0 bridgehead atoms. The Morgan fingerprint density at radius 3 is 2.83 bits per heavy atom. The minimum Gasteiger partial charge on any atom is -0.348 e. The van der Waals surface area contributed by atoms with Crippen molar-refractivity contribution in [3.8, 4) is 0 Å². The number of hydrogen-bond acceptors (Lipinski definition) is 3. The highest BCUT2D eigenvalue weighted by molar-refractivity contribution is 5.78. The number of rotatable bonds is 4. The zero-order chi connectivity index (χ0) is 16.2. The summed E-state index contributed by atoms with van der Waals surface area (Å²) in [6, 6.07) is 11.0. The van der Waals surface area contributed by atoms with Gasteiger partial charge in [-0.05, 0) is 51.3 Å². The van der Waals surface area contributed by atoms with Crippen LogP contribution in [0.4, 0.5) is 0 Å². The molecule has 4 heteroatoms. The van der Waals surface area contributed by atoms with Crippen LogP contribution in [0.3, 0.4) is 0 Å². The van der Waals surface area contributed by atoms with Gasteiger partial charge in [-0.1, -0.05) is 30.3 Å². The van der Waals surface area contributed by atoms with Crippen molar-refractivity contribution in [2.75, 3.05) is 33.2 Å². The number of carbonyl (C=O) groups is 1. The lowest BCUT2D eigenvalue weighted by Gasteiger charge is -2.45. The van der Waals surface area contributed by atoms with E-state index in [4.69, 9.17) is 0 Å². The Bertz CT molecular complexity index is 519. The third kappa shape index (κ3) is 4.12. The largest absolute Gasteiger partial charge is 0.348 e. The predicted octanol–water partition coefficient (Wildman–Crippen LogP) is 2.28. The molecule has 0 unspecified atom stereocenters. The topological polar surface area (TPSA) is 35.6 Å². The van der Waals surface area contributed by atoms with Gasteiger partial charge in [0.05, 0.1) is 12.6 Å². The summed E-state index contributed by atoms with van der Waals surface area (Å²) in [7, 11) is 2.25. The van der Waals surface area contributed by atoms with Crippen LogP contribution in [0.1, 0.15) is 37.8 Å². The van der Waals surface area contributed by atoms with E-state index in [0.29, 0.717) is 6.54 Å². The molecule has 3 atom stereocenters. The smallest absolute Gasteiger partial charge is 0.234 e. The fourth-order valence-corrected chi connectivity index (χ4v) is 4.19. The van der Waals surface area contributed by atoms with E-state index in [0.717, 1.165) is 30.6 Å². The second kappa shape index (κ2) is 7.45. The van der Waals surface area contributed by atoms with Crippen LogP contribution in [0.5, 0.6) is 0 Å². The molecule has 2 aliphatic heterocycles. The summed E-state index contributed by atoms with van der Waals surface area (Å²) in [6.45, 7) is 5.93. The Morgan fingerprint density at radius 1 is 1.26 bits per heavy atom. The number of nitrogens with one attached hydrogen (secondary N) is 1. The summed E-state index contributed by atoms with van der Waals surface area (Å²) in [4.78, 5) is 17.2. The lowest BCUT2D eigenvalue weighted by Crippen LogP contribution is -2.54. The Hall–Kier alpha value is -1.39. The quantitative estimate of drug-likeness (QED) is 0.926. The van der Waals surface area contributed by atoms with Crippen LogP contribution in [0.2, 0.25) is 0 Å². The van der Waals surface area contributed by atoms with Gasteiger partial charge in [0.15, 0.2) is 0 Å². The Labute approximate surface area is 139 Å². The molecule has 1 N–H and O–H groups in total. The van der Waals surface area contributed by atoms with Gasteiger partial charge in [-0.3, -0.25) is 9.69 Å². The third-order valence-corrected chi connectivity index (χ3v) is 5.47. The first-order valence-corrected chi connectivity index (χ1v) is 8.90. The summed E-state index contributed by atoms with van der Waals surface area (Å²) in [5.74, 6) is 0.880. The van der Waals surface area contributed by atoms with Crippen molar-refractivity contribution in [1.82, 2.24) is 15.1 Å². The molecule has 1 amide bonds. The average molecular weight is 315 g/mol. The van der Waals surface area contributed by atoms with E-state index >= 15 is 0 Å². The minimum absolute atomic E-state index is 0.0713. The molecular weight excluding hydrogens is 286 g/mol. The number of carbonyl (C=O) groups excluding carboxylic acids is 1. The van der Waals surface area contributed by atoms with Crippen LogP contribution in [0, 0.1) is 5.92 Å². The van der Waals surface area contributed by atoms with Gasteiger partial charge in [-0.15, -0.1) is 0 Å². The maximum Gasteiger partial charge on any atom is 0.234 e. The lowest BCUT2D eigenvalue weighted by molar-refractivity contribution is -0.123. The van der Waals surface area contributed by atoms with Gasteiger partial charge in [0.1, 0.15) is 0 Å². The van der Waals surface area contributed by atoms with E-state index in [9.17, 15) is 4.79 Å². The number of amides is 1. The van der Waals surface area contributed by atoms with E-state index in [2.05, 4.69) is 41.2 Å². The molecule has 3 rings (SSSR count). The average Bonchev–Trinajstić information content (AvgIpc) is 2.55. The molecule has 0 aliphatic carbocycles. The van der Waals surface area contributed by atoms with Crippen LogP contribution in [0.25, 0.3) is 0 Å². The van der Waals surface area contributed by atoms with Gasteiger partial charge in [0.2, 0.25) is 5.91 Å². The number of fused-ring (bicyclic) bond motifs is 1. The highest BCUT2D eigenvalue weighted by atomic mass is 16.2. The highest BCUT2D eigenvalue weighted by Gasteiger charge is 2.34. The molecule has 1 aromatic carbocycles. The minimum atomic E-state index is 0.0713. The molecule has 2 aliphatic rings. The van der Waals surface area contributed by atoms with Gasteiger partial charge >= 0.3 is 0 Å². The summed E-state index contributed by atoms with van der Waals surface area (Å²) >= 11 is 0. The van der Waals surface area contributed by atoms with Gasteiger partial charge in [-0.25, -0.2) is 0 Å². The standard InChI is InChI=1S/C19H29N3O/c1-15(16-7-4-3-5-8-16)20-19(23)14-22-12-10-18-17(13-22)9-6-11-21(18)2/h3-5,7-8,15,17-18H,6,9-14H2,1-2H3,(H,20,23)/t15-,17-,18+/m0/s1. The number of hydrogen-bond donors (Lipinski definition) is 1. The number of nitrogens with zero attached hydrogens (tertiary/aromatic N) is 2.